The van der Waals surface area contributed by atoms with Gasteiger partial charge in [0.15, 0.2) is 0 Å². The summed E-state index contributed by atoms with van der Waals surface area (Å²) in [5.41, 5.74) is 5.49. The summed E-state index contributed by atoms with van der Waals surface area (Å²) in [6.45, 7) is 2.61. The second-order valence-corrected chi connectivity index (χ2v) is 5.13. The highest BCUT2D eigenvalue weighted by molar-refractivity contribution is 7.13. The van der Waals surface area contributed by atoms with Crippen molar-refractivity contribution in [3.8, 4) is 10.7 Å². The second-order valence-electron chi connectivity index (χ2n) is 4.18. The molecule has 0 radical (unpaired) electrons. The van der Waals surface area contributed by atoms with Crippen molar-refractivity contribution in [3.63, 3.8) is 0 Å². The summed E-state index contributed by atoms with van der Waals surface area (Å²) < 4.78 is 5.23. The molecule has 2 heterocycles. The molecule has 0 saturated heterocycles. The molecule has 0 aliphatic rings. The predicted molar refractivity (Wildman–Crippen MR) is 72.5 cm³/mol. The fraction of sp³-hybridized carbons (Fsp3) is 0.500. The largest absolute Gasteiger partial charge is 0.339 e. The van der Waals surface area contributed by atoms with Gasteiger partial charge in [0.1, 0.15) is 0 Å². The van der Waals surface area contributed by atoms with Gasteiger partial charge in [0.25, 0.3) is 0 Å². The molecule has 0 bridgehead atoms. The molecule has 0 aromatic carbocycles. The Bertz CT molecular complexity index is 454. The number of aryl methyl sites for hydroxylation is 1. The monoisotopic (exact) mass is 266 g/mol. The third-order valence-corrected chi connectivity index (χ3v) is 3.52. The van der Waals surface area contributed by atoms with Crippen LogP contribution in [0.5, 0.6) is 0 Å². The molecule has 6 heteroatoms. The molecule has 0 amide bonds. The van der Waals surface area contributed by atoms with Crippen molar-refractivity contribution in [2.24, 2.45) is 5.73 Å². The first-order valence-electron chi connectivity index (χ1n) is 6.04. The van der Waals surface area contributed by atoms with Crippen LogP contribution in [0, 0.1) is 0 Å². The first kappa shape index (κ1) is 13.2. The fourth-order valence-corrected chi connectivity index (χ4v) is 2.34. The van der Waals surface area contributed by atoms with Crippen molar-refractivity contribution in [2.45, 2.75) is 12.8 Å². The zero-order valence-electron chi connectivity index (χ0n) is 10.5. The van der Waals surface area contributed by atoms with Gasteiger partial charge in [-0.15, -0.1) is 11.3 Å². The highest BCUT2D eigenvalue weighted by atomic mass is 32.1. The molecule has 0 unspecified atom stereocenters. The van der Waals surface area contributed by atoms with Crippen LogP contribution in [-0.4, -0.2) is 41.7 Å². The Morgan fingerprint density at radius 2 is 2.33 bits per heavy atom. The van der Waals surface area contributed by atoms with Crippen molar-refractivity contribution in [3.05, 3.63) is 23.4 Å². The summed E-state index contributed by atoms with van der Waals surface area (Å²) in [5.74, 6) is 1.40. The third kappa shape index (κ3) is 3.63. The maximum absolute atomic E-state index is 5.49. The maximum atomic E-state index is 5.49. The number of likely N-dealkylation sites (N-methyl/N-ethyl adjacent to an activating group) is 1. The number of rotatable bonds is 7. The lowest BCUT2D eigenvalue weighted by Crippen LogP contribution is -2.26. The summed E-state index contributed by atoms with van der Waals surface area (Å²) in [5, 5.41) is 5.99. The van der Waals surface area contributed by atoms with Crippen molar-refractivity contribution in [1.82, 2.24) is 15.0 Å². The Labute approximate surface area is 111 Å². The summed E-state index contributed by atoms with van der Waals surface area (Å²) in [7, 11) is 2.07. The molecule has 2 N–H and O–H groups in total. The molecular formula is C12H18N4OS. The van der Waals surface area contributed by atoms with E-state index in [9.17, 15) is 0 Å². The molecule has 2 aromatic rings. The fourth-order valence-electron chi connectivity index (χ4n) is 1.69. The lowest BCUT2D eigenvalue weighted by atomic mass is 10.3. The van der Waals surface area contributed by atoms with Gasteiger partial charge in [-0.05, 0) is 31.5 Å². The Hall–Kier alpha value is -1.24. The highest BCUT2D eigenvalue weighted by Gasteiger charge is 2.09. The van der Waals surface area contributed by atoms with Crippen LogP contribution in [-0.2, 0) is 6.42 Å². The van der Waals surface area contributed by atoms with Crippen LogP contribution >= 0.6 is 11.3 Å². The van der Waals surface area contributed by atoms with E-state index in [2.05, 4.69) is 22.1 Å². The van der Waals surface area contributed by atoms with Crippen LogP contribution in [0.4, 0.5) is 0 Å². The zero-order chi connectivity index (χ0) is 12.8. The van der Waals surface area contributed by atoms with Crippen molar-refractivity contribution < 1.29 is 4.52 Å². The van der Waals surface area contributed by atoms with E-state index in [1.54, 1.807) is 11.3 Å². The van der Waals surface area contributed by atoms with E-state index in [4.69, 9.17) is 10.3 Å². The number of nitrogens with two attached hydrogens (primary N) is 1. The van der Waals surface area contributed by atoms with Gasteiger partial charge in [-0.1, -0.05) is 11.2 Å². The van der Waals surface area contributed by atoms with Crippen LogP contribution in [0.15, 0.2) is 22.0 Å². The minimum absolute atomic E-state index is 0.690. The van der Waals surface area contributed by atoms with Crippen molar-refractivity contribution in [1.29, 1.82) is 0 Å². The SMILES string of the molecule is CN(CCN)CCCc1nc(-c2cccs2)no1. The van der Waals surface area contributed by atoms with Crippen molar-refractivity contribution in [2.75, 3.05) is 26.7 Å². The Kier molecular flexibility index (Phi) is 4.86. The minimum atomic E-state index is 0.690. The number of nitrogens with zero attached hydrogens (tertiary/aromatic N) is 3. The first-order chi connectivity index (χ1) is 8.79. The van der Waals surface area contributed by atoms with Gasteiger partial charge in [0, 0.05) is 19.5 Å². The average molecular weight is 266 g/mol. The number of hydrogen-bond acceptors (Lipinski definition) is 6. The minimum Gasteiger partial charge on any atom is -0.339 e. The maximum Gasteiger partial charge on any atom is 0.227 e. The van der Waals surface area contributed by atoms with Crippen LogP contribution < -0.4 is 5.73 Å². The molecule has 5 nitrogen and oxygen atoms in total. The summed E-state index contributed by atoms with van der Waals surface area (Å²) in [6, 6.07) is 3.98. The number of aromatic nitrogens is 2. The standard InChI is InChI=1S/C12H18N4OS/c1-16(8-6-13)7-2-5-11-14-12(15-17-11)10-4-3-9-18-10/h3-4,9H,2,5-8,13H2,1H3. The average Bonchev–Trinajstić information content (AvgIpc) is 2.99. The molecule has 2 rings (SSSR count). The quantitative estimate of drug-likeness (QED) is 0.824. The molecule has 0 aliphatic carbocycles. The molecule has 0 fully saturated rings. The normalized spacial score (nSPS) is 11.3. The molecule has 0 atom stereocenters. The summed E-state index contributed by atoms with van der Waals surface area (Å²) in [4.78, 5) is 7.64. The molecule has 0 spiro atoms. The Morgan fingerprint density at radius 3 is 3.06 bits per heavy atom. The predicted octanol–water partition coefficient (Wildman–Crippen LogP) is 1.62. The molecular weight excluding hydrogens is 248 g/mol. The molecule has 0 aliphatic heterocycles. The lowest BCUT2D eigenvalue weighted by Gasteiger charge is -2.13. The third-order valence-electron chi connectivity index (χ3n) is 2.65. The van der Waals surface area contributed by atoms with E-state index in [0.29, 0.717) is 18.3 Å². The molecule has 98 valence electrons. The topological polar surface area (TPSA) is 68.2 Å². The van der Waals surface area contributed by atoms with Crippen LogP contribution in [0.2, 0.25) is 0 Å². The Morgan fingerprint density at radius 1 is 1.44 bits per heavy atom. The van der Waals surface area contributed by atoms with Gasteiger partial charge in [0.05, 0.1) is 4.88 Å². The van der Waals surface area contributed by atoms with E-state index >= 15 is 0 Å². The zero-order valence-corrected chi connectivity index (χ0v) is 11.3. The van der Waals surface area contributed by atoms with Gasteiger partial charge in [-0.2, -0.15) is 4.98 Å². The van der Waals surface area contributed by atoms with E-state index in [1.807, 2.05) is 17.5 Å². The highest BCUT2D eigenvalue weighted by Crippen LogP contribution is 2.21. The Balaban J connectivity index is 1.81. The number of thiophene rings is 1. The van der Waals surface area contributed by atoms with E-state index in [1.165, 1.54) is 0 Å². The van der Waals surface area contributed by atoms with Gasteiger partial charge in [-0.3, -0.25) is 0 Å². The first-order valence-corrected chi connectivity index (χ1v) is 6.92. The number of hydrogen-bond donors (Lipinski definition) is 1. The van der Waals surface area contributed by atoms with Gasteiger partial charge >= 0.3 is 0 Å². The van der Waals surface area contributed by atoms with E-state index in [-0.39, 0.29) is 0 Å². The second kappa shape index (κ2) is 6.63. The van der Waals surface area contributed by atoms with E-state index < -0.39 is 0 Å². The summed E-state index contributed by atoms with van der Waals surface area (Å²) >= 11 is 1.62. The van der Waals surface area contributed by atoms with Crippen LogP contribution in [0.1, 0.15) is 12.3 Å². The van der Waals surface area contributed by atoms with Crippen LogP contribution in [0.25, 0.3) is 10.7 Å². The van der Waals surface area contributed by atoms with Crippen molar-refractivity contribution >= 4 is 11.3 Å². The molecule has 0 saturated carbocycles. The van der Waals surface area contributed by atoms with E-state index in [0.717, 1.165) is 30.8 Å². The molecule has 2 aromatic heterocycles. The van der Waals surface area contributed by atoms with Crippen LogP contribution in [0.3, 0.4) is 0 Å². The van der Waals surface area contributed by atoms with Gasteiger partial charge in [-0.25, -0.2) is 0 Å². The smallest absolute Gasteiger partial charge is 0.227 e. The lowest BCUT2D eigenvalue weighted by molar-refractivity contribution is 0.322. The van der Waals surface area contributed by atoms with Gasteiger partial charge in [0.2, 0.25) is 11.7 Å². The van der Waals surface area contributed by atoms with Gasteiger partial charge < -0.3 is 15.2 Å². The summed E-state index contributed by atoms with van der Waals surface area (Å²) in [6.07, 6.45) is 1.82. The molecule has 18 heavy (non-hydrogen) atoms.